The molecule has 2 aliphatic rings. The summed E-state index contributed by atoms with van der Waals surface area (Å²) in [4.78, 5) is 36.3. The molecule has 2 aliphatic carbocycles. The first-order valence-electron chi connectivity index (χ1n) is 11.3. The van der Waals surface area contributed by atoms with Crippen molar-refractivity contribution < 1.29 is 14.3 Å². The zero-order valence-corrected chi connectivity index (χ0v) is 18.1. The van der Waals surface area contributed by atoms with E-state index in [2.05, 4.69) is 25.6 Å². The summed E-state index contributed by atoms with van der Waals surface area (Å²) in [6.07, 6.45) is 10.6. The van der Waals surface area contributed by atoms with E-state index >= 15 is 0 Å². The Balaban J connectivity index is 1.36. The third-order valence-electron chi connectivity index (χ3n) is 6.34. The van der Waals surface area contributed by atoms with Crippen molar-refractivity contribution in [2.75, 3.05) is 0 Å². The fourth-order valence-electron chi connectivity index (χ4n) is 4.77. The highest BCUT2D eigenvalue weighted by molar-refractivity contribution is 6.04. The number of carbonyl (C=O) groups excluding carboxylic acids is 2. The van der Waals surface area contributed by atoms with Gasteiger partial charge in [0.15, 0.2) is 5.65 Å². The van der Waals surface area contributed by atoms with Crippen molar-refractivity contribution in [2.24, 2.45) is 0 Å². The number of amides is 2. The first kappa shape index (κ1) is 20.5. The van der Waals surface area contributed by atoms with Gasteiger partial charge in [0.25, 0.3) is 5.91 Å². The number of rotatable bonds is 5. The highest BCUT2D eigenvalue weighted by Gasteiger charge is 2.24. The van der Waals surface area contributed by atoms with Gasteiger partial charge in [-0.1, -0.05) is 25.3 Å². The quantitative estimate of drug-likeness (QED) is 0.565. The van der Waals surface area contributed by atoms with Gasteiger partial charge in [-0.2, -0.15) is 0 Å². The number of benzene rings is 1. The molecule has 0 bridgehead atoms. The van der Waals surface area contributed by atoms with Gasteiger partial charge in [-0.15, -0.1) is 0 Å². The number of nitrogens with zero attached hydrogens (tertiary/aromatic N) is 2. The Morgan fingerprint density at radius 3 is 2.78 bits per heavy atom. The maximum Gasteiger partial charge on any atom is 0.255 e. The SMILES string of the molecule is CC(=O)N[C@@H]1CCc2ccc(Oc3cnc4[nH]cc(C(=O)NC5CCCCC5)c4n3)cc21. The van der Waals surface area contributed by atoms with Crippen LogP contribution in [0.25, 0.3) is 11.2 Å². The first-order valence-corrected chi connectivity index (χ1v) is 11.3. The minimum atomic E-state index is -0.134. The van der Waals surface area contributed by atoms with Gasteiger partial charge in [0.1, 0.15) is 11.3 Å². The second-order valence-electron chi connectivity index (χ2n) is 8.67. The Hall–Kier alpha value is -3.42. The highest BCUT2D eigenvalue weighted by Crippen LogP contribution is 2.35. The molecule has 32 heavy (non-hydrogen) atoms. The summed E-state index contributed by atoms with van der Waals surface area (Å²) in [6, 6.07) is 6.09. The summed E-state index contributed by atoms with van der Waals surface area (Å²) in [6.45, 7) is 1.53. The highest BCUT2D eigenvalue weighted by atomic mass is 16.5. The van der Waals surface area contributed by atoms with Crippen molar-refractivity contribution in [3.63, 3.8) is 0 Å². The van der Waals surface area contributed by atoms with Gasteiger partial charge >= 0.3 is 0 Å². The average Bonchev–Trinajstić information content (AvgIpc) is 3.38. The van der Waals surface area contributed by atoms with E-state index in [-0.39, 0.29) is 23.9 Å². The number of nitrogens with one attached hydrogen (secondary N) is 3. The van der Waals surface area contributed by atoms with Gasteiger partial charge in [-0.25, -0.2) is 9.97 Å². The van der Waals surface area contributed by atoms with Crippen LogP contribution < -0.4 is 15.4 Å². The number of hydrogen-bond acceptors (Lipinski definition) is 5. The molecule has 0 radical (unpaired) electrons. The van der Waals surface area contributed by atoms with Crippen molar-refractivity contribution >= 4 is 23.0 Å². The summed E-state index contributed by atoms with van der Waals surface area (Å²) in [5.74, 6) is 0.762. The topological polar surface area (TPSA) is 109 Å². The van der Waals surface area contributed by atoms with Crippen LogP contribution >= 0.6 is 0 Å². The van der Waals surface area contributed by atoms with Gasteiger partial charge in [-0.3, -0.25) is 9.59 Å². The summed E-state index contributed by atoms with van der Waals surface area (Å²) < 4.78 is 5.99. The molecule has 2 amide bonds. The molecule has 2 aromatic heterocycles. The minimum absolute atomic E-state index is 0.000580. The maximum absolute atomic E-state index is 12.8. The average molecular weight is 434 g/mol. The molecular weight excluding hydrogens is 406 g/mol. The number of aromatic amines is 1. The van der Waals surface area contributed by atoms with Crippen LogP contribution in [0.2, 0.25) is 0 Å². The summed E-state index contributed by atoms with van der Waals surface area (Å²) in [5.41, 5.74) is 3.80. The number of hydrogen-bond donors (Lipinski definition) is 3. The predicted molar refractivity (Wildman–Crippen MR) is 120 cm³/mol. The molecule has 5 rings (SSSR count). The second-order valence-corrected chi connectivity index (χ2v) is 8.67. The van der Waals surface area contributed by atoms with Crippen LogP contribution in [0.15, 0.2) is 30.6 Å². The van der Waals surface area contributed by atoms with Crippen LogP contribution in [0.1, 0.15) is 73.0 Å². The zero-order valence-electron chi connectivity index (χ0n) is 18.1. The van der Waals surface area contributed by atoms with Crippen LogP contribution in [0.5, 0.6) is 11.6 Å². The second kappa shape index (κ2) is 8.61. The standard InChI is InChI=1S/C24H27N5O3/c1-14(30)27-20-10-8-15-7-9-17(11-18(15)20)32-21-13-26-23-22(29-21)19(12-25-23)24(31)28-16-5-3-2-4-6-16/h7,9,11-13,16,20H,2-6,8,10H2,1H3,(H,25,26)(H,27,30)(H,28,31)/t20-/m1/s1. The molecule has 0 saturated heterocycles. The fourth-order valence-corrected chi connectivity index (χ4v) is 4.77. The van der Waals surface area contributed by atoms with E-state index in [1.807, 2.05) is 18.2 Å². The summed E-state index contributed by atoms with van der Waals surface area (Å²) in [7, 11) is 0. The predicted octanol–water partition coefficient (Wildman–Crippen LogP) is 3.94. The van der Waals surface area contributed by atoms with Crippen LogP contribution in [0.3, 0.4) is 0 Å². The van der Waals surface area contributed by atoms with Crippen molar-refractivity contribution in [3.8, 4) is 11.6 Å². The minimum Gasteiger partial charge on any atom is -0.437 e. The van der Waals surface area contributed by atoms with Gasteiger partial charge < -0.3 is 20.4 Å². The van der Waals surface area contributed by atoms with E-state index in [4.69, 9.17) is 4.74 Å². The molecular formula is C24H27N5O3. The smallest absolute Gasteiger partial charge is 0.255 e. The lowest BCUT2D eigenvalue weighted by Gasteiger charge is -2.22. The van der Waals surface area contributed by atoms with Crippen LogP contribution in [-0.4, -0.2) is 32.8 Å². The number of aromatic nitrogens is 3. The zero-order chi connectivity index (χ0) is 22.1. The van der Waals surface area contributed by atoms with Gasteiger partial charge in [0, 0.05) is 19.2 Å². The monoisotopic (exact) mass is 433 g/mol. The molecule has 3 aromatic rings. The van der Waals surface area contributed by atoms with E-state index in [9.17, 15) is 9.59 Å². The molecule has 3 N–H and O–H groups in total. The van der Waals surface area contributed by atoms with E-state index in [1.165, 1.54) is 18.9 Å². The lowest BCUT2D eigenvalue weighted by Crippen LogP contribution is -2.36. The Kier molecular flexibility index (Phi) is 5.51. The molecule has 1 saturated carbocycles. The third-order valence-corrected chi connectivity index (χ3v) is 6.34. The number of ether oxygens (including phenoxy) is 1. The molecule has 0 unspecified atom stereocenters. The van der Waals surface area contributed by atoms with Crippen LogP contribution in [0, 0.1) is 0 Å². The molecule has 0 aliphatic heterocycles. The number of H-pyrrole nitrogens is 1. The Labute approximate surface area is 186 Å². The maximum atomic E-state index is 12.8. The lowest BCUT2D eigenvalue weighted by atomic mass is 9.95. The van der Waals surface area contributed by atoms with E-state index in [0.717, 1.165) is 44.1 Å². The van der Waals surface area contributed by atoms with Gasteiger partial charge in [-0.05, 0) is 48.9 Å². The largest absolute Gasteiger partial charge is 0.437 e. The van der Waals surface area contributed by atoms with E-state index < -0.39 is 0 Å². The molecule has 0 spiro atoms. The van der Waals surface area contributed by atoms with Gasteiger partial charge in [0.05, 0.1) is 17.8 Å². The summed E-state index contributed by atoms with van der Waals surface area (Å²) >= 11 is 0. The molecule has 2 heterocycles. The molecule has 166 valence electrons. The molecule has 1 fully saturated rings. The number of carbonyl (C=O) groups is 2. The first-order chi connectivity index (χ1) is 15.6. The Bertz CT molecular complexity index is 1170. The Morgan fingerprint density at radius 1 is 1.12 bits per heavy atom. The number of aryl methyl sites for hydroxylation is 1. The summed E-state index contributed by atoms with van der Waals surface area (Å²) in [5, 5.41) is 6.12. The van der Waals surface area contributed by atoms with E-state index in [0.29, 0.717) is 28.4 Å². The van der Waals surface area contributed by atoms with Crippen molar-refractivity contribution in [1.29, 1.82) is 0 Å². The van der Waals surface area contributed by atoms with Crippen LogP contribution in [0.4, 0.5) is 0 Å². The third kappa shape index (κ3) is 4.17. The van der Waals surface area contributed by atoms with Crippen molar-refractivity contribution in [2.45, 2.75) is 64.0 Å². The van der Waals surface area contributed by atoms with E-state index in [1.54, 1.807) is 12.4 Å². The molecule has 8 heteroatoms. The molecule has 1 atom stereocenters. The van der Waals surface area contributed by atoms with Crippen molar-refractivity contribution in [1.82, 2.24) is 25.6 Å². The lowest BCUT2D eigenvalue weighted by molar-refractivity contribution is -0.119. The normalized spacial score (nSPS) is 18.3. The number of fused-ring (bicyclic) bond motifs is 2. The van der Waals surface area contributed by atoms with Crippen molar-refractivity contribution in [3.05, 3.63) is 47.3 Å². The fraction of sp³-hybridized carbons (Fsp3) is 0.417. The molecule has 1 aromatic carbocycles. The molecule has 8 nitrogen and oxygen atoms in total. The van der Waals surface area contributed by atoms with Gasteiger partial charge in [0.2, 0.25) is 11.8 Å². The Morgan fingerprint density at radius 2 is 1.97 bits per heavy atom. The van der Waals surface area contributed by atoms with Crippen LogP contribution in [-0.2, 0) is 11.2 Å².